The standard InChI is InChI=1S/C24H17FN4O3S/c25-15-8-10-16(11-9-15)28-23(22(27-24(28)33)18-6-3-4-14-26-18)21-13-12-20(32-21)17-5-1-2-7-19(17)29(30)31/h1-14,22-23H,(H,27,33)/t22-,23+/m0/s1. The van der Waals surface area contributed by atoms with Gasteiger partial charge in [-0.25, -0.2) is 4.39 Å². The highest BCUT2D eigenvalue weighted by Gasteiger charge is 2.42. The van der Waals surface area contributed by atoms with Gasteiger partial charge in [0.2, 0.25) is 0 Å². The van der Waals surface area contributed by atoms with E-state index < -0.39 is 11.0 Å². The van der Waals surface area contributed by atoms with Crippen LogP contribution in [0.3, 0.4) is 0 Å². The van der Waals surface area contributed by atoms with E-state index in [1.54, 1.807) is 48.7 Å². The molecule has 9 heteroatoms. The number of aromatic nitrogens is 1. The van der Waals surface area contributed by atoms with Crippen molar-refractivity contribution in [3.8, 4) is 11.3 Å². The molecule has 0 aliphatic carbocycles. The van der Waals surface area contributed by atoms with E-state index in [0.717, 1.165) is 5.69 Å². The van der Waals surface area contributed by atoms with E-state index in [0.29, 0.717) is 27.9 Å². The van der Waals surface area contributed by atoms with Crippen LogP contribution in [-0.4, -0.2) is 15.0 Å². The molecule has 1 aliphatic rings. The van der Waals surface area contributed by atoms with Gasteiger partial charge in [0.05, 0.1) is 22.2 Å². The predicted octanol–water partition coefficient (Wildman–Crippen LogP) is 5.57. The maximum atomic E-state index is 13.6. The zero-order valence-electron chi connectivity index (χ0n) is 17.1. The number of nitrogens with zero attached hydrogens (tertiary/aromatic N) is 3. The highest BCUT2D eigenvalue weighted by Crippen LogP contribution is 2.43. The summed E-state index contributed by atoms with van der Waals surface area (Å²) in [4.78, 5) is 17.4. The number of benzene rings is 2. The highest BCUT2D eigenvalue weighted by molar-refractivity contribution is 7.80. The van der Waals surface area contributed by atoms with E-state index in [9.17, 15) is 14.5 Å². The Labute approximate surface area is 193 Å². The molecule has 2 atom stereocenters. The third-order valence-corrected chi connectivity index (χ3v) is 5.80. The number of anilines is 1. The van der Waals surface area contributed by atoms with Crippen molar-refractivity contribution in [2.24, 2.45) is 0 Å². The van der Waals surface area contributed by atoms with Crippen molar-refractivity contribution >= 4 is 28.7 Å². The molecule has 0 radical (unpaired) electrons. The first kappa shape index (κ1) is 20.8. The van der Waals surface area contributed by atoms with Crippen LogP contribution < -0.4 is 10.2 Å². The molecule has 3 heterocycles. The summed E-state index contributed by atoms with van der Waals surface area (Å²) in [6, 6.07) is 20.7. The van der Waals surface area contributed by atoms with Crippen molar-refractivity contribution in [3.05, 3.63) is 112 Å². The zero-order valence-corrected chi connectivity index (χ0v) is 17.9. The number of furan rings is 1. The fourth-order valence-corrected chi connectivity index (χ4v) is 4.37. The average Bonchev–Trinajstić information content (AvgIpc) is 3.45. The lowest BCUT2D eigenvalue weighted by molar-refractivity contribution is -0.384. The summed E-state index contributed by atoms with van der Waals surface area (Å²) in [6.07, 6.45) is 1.69. The van der Waals surface area contributed by atoms with Gasteiger partial charge in [-0.1, -0.05) is 18.2 Å². The van der Waals surface area contributed by atoms with Gasteiger partial charge in [0.1, 0.15) is 23.4 Å². The number of pyridine rings is 1. The maximum absolute atomic E-state index is 13.6. The minimum atomic E-state index is -0.450. The second kappa shape index (κ2) is 8.44. The molecule has 33 heavy (non-hydrogen) atoms. The second-order valence-electron chi connectivity index (χ2n) is 7.45. The number of rotatable bonds is 5. The first-order valence-corrected chi connectivity index (χ1v) is 10.5. The van der Waals surface area contributed by atoms with Crippen molar-refractivity contribution in [2.45, 2.75) is 12.1 Å². The third-order valence-electron chi connectivity index (χ3n) is 5.49. The zero-order chi connectivity index (χ0) is 22.9. The predicted molar refractivity (Wildman–Crippen MR) is 125 cm³/mol. The molecule has 7 nitrogen and oxygen atoms in total. The molecule has 0 unspecified atom stereocenters. The van der Waals surface area contributed by atoms with Gasteiger partial charge in [-0.2, -0.15) is 0 Å². The highest BCUT2D eigenvalue weighted by atomic mass is 32.1. The second-order valence-corrected chi connectivity index (χ2v) is 7.84. The molecule has 2 aromatic heterocycles. The summed E-state index contributed by atoms with van der Waals surface area (Å²) in [5.41, 5.74) is 1.76. The van der Waals surface area contributed by atoms with Gasteiger partial charge < -0.3 is 14.6 Å². The number of nitro groups is 1. The minimum absolute atomic E-state index is 0.0462. The number of nitro benzene ring substituents is 1. The Balaban J connectivity index is 1.61. The molecule has 1 N–H and O–H groups in total. The largest absolute Gasteiger partial charge is 0.459 e. The lowest BCUT2D eigenvalue weighted by atomic mass is 10.0. The van der Waals surface area contributed by atoms with Crippen LogP contribution in [0, 0.1) is 15.9 Å². The summed E-state index contributed by atoms with van der Waals surface area (Å²) < 4.78 is 19.7. The molecule has 1 aliphatic heterocycles. The van der Waals surface area contributed by atoms with Gasteiger partial charge in [-0.05, 0) is 66.8 Å². The van der Waals surface area contributed by atoms with E-state index in [4.69, 9.17) is 16.6 Å². The maximum Gasteiger partial charge on any atom is 0.280 e. The monoisotopic (exact) mass is 460 g/mol. The number of para-hydroxylation sites is 1. The third kappa shape index (κ3) is 3.83. The molecule has 0 amide bonds. The Morgan fingerprint density at radius 1 is 1.03 bits per heavy atom. The topological polar surface area (TPSA) is 84.4 Å². The van der Waals surface area contributed by atoms with E-state index in [2.05, 4.69) is 10.3 Å². The smallest absolute Gasteiger partial charge is 0.280 e. The van der Waals surface area contributed by atoms with Gasteiger partial charge in [0, 0.05) is 18.0 Å². The van der Waals surface area contributed by atoms with Crippen LogP contribution in [0.2, 0.25) is 0 Å². The molecule has 0 bridgehead atoms. The van der Waals surface area contributed by atoms with E-state index in [1.807, 2.05) is 23.1 Å². The molecule has 164 valence electrons. The Hall–Kier alpha value is -4.11. The average molecular weight is 460 g/mol. The van der Waals surface area contributed by atoms with Crippen molar-refractivity contribution in [1.82, 2.24) is 10.3 Å². The molecule has 1 fully saturated rings. The lowest BCUT2D eigenvalue weighted by Gasteiger charge is -2.26. The molecule has 0 saturated carbocycles. The van der Waals surface area contributed by atoms with E-state index >= 15 is 0 Å². The van der Waals surface area contributed by atoms with Crippen LogP contribution in [0.25, 0.3) is 11.3 Å². The summed E-state index contributed by atoms with van der Waals surface area (Å²) in [6.45, 7) is 0. The van der Waals surface area contributed by atoms with Crippen LogP contribution in [-0.2, 0) is 0 Å². The Morgan fingerprint density at radius 2 is 1.79 bits per heavy atom. The number of hydrogen-bond acceptors (Lipinski definition) is 5. The van der Waals surface area contributed by atoms with Gasteiger partial charge in [-0.15, -0.1) is 0 Å². The summed E-state index contributed by atoms with van der Waals surface area (Å²) in [7, 11) is 0. The van der Waals surface area contributed by atoms with Crippen LogP contribution in [0.1, 0.15) is 23.5 Å². The van der Waals surface area contributed by atoms with Crippen LogP contribution in [0.5, 0.6) is 0 Å². The first-order valence-electron chi connectivity index (χ1n) is 10.1. The number of halogens is 1. The van der Waals surface area contributed by atoms with Crippen molar-refractivity contribution < 1.29 is 13.7 Å². The molecule has 4 aromatic rings. The van der Waals surface area contributed by atoms with Gasteiger partial charge in [0.15, 0.2) is 5.11 Å². The van der Waals surface area contributed by atoms with E-state index in [1.165, 1.54) is 18.2 Å². The number of hydrogen-bond donors (Lipinski definition) is 1. The summed E-state index contributed by atoms with van der Waals surface area (Å²) in [5, 5.41) is 15.2. The van der Waals surface area contributed by atoms with Gasteiger partial charge >= 0.3 is 0 Å². The van der Waals surface area contributed by atoms with Crippen LogP contribution in [0.4, 0.5) is 15.8 Å². The first-order chi connectivity index (χ1) is 16.0. The number of thiocarbonyl (C=S) groups is 1. The summed E-state index contributed by atoms with van der Waals surface area (Å²) >= 11 is 5.63. The van der Waals surface area contributed by atoms with Crippen molar-refractivity contribution in [1.29, 1.82) is 0 Å². The summed E-state index contributed by atoms with van der Waals surface area (Å²) in [5.74, 6) is 0.552. The van der Waals surface area contributed by atoms with Crippen molar-refractivity contribution in [2.75, 3.05) is 4.90 Å². The molecular formula is C24H17FN4O3S. The SMILES string of the molecule is O=[N+]([O-])c1ccccc1-c1ccc([C@@H]2[C@H](c3ccccn3)NC(=S)N2c2ccc(F)cc2)o1. The molecule has 1 saturated heterocycles. The number of nitrogens with one attached hydrogen (secondary N) is 1. The minimum Gasteiger partial charge on any atom is -0.459 e. The normalized spacial score (nSPS) is 17.7. The van der Waals surface area contributed by atoms with Gasteiger partial charge in [0.25, 0.3) is 5.69 Å². The fourth-order valence-electron chi connectivity index (χ4n) is 4.02. The quantitative estimate of drug-likeness (QED) is 0.237. The van der Waals surface area contributed by atoms with Crippen LogP contribution >= 0.6 is 12.2 Å². The van der Waals surface area contributed by atoms with Crippen LogP contribution in [0.15, 0.2) is 89.5 Å². The lowest BCUT2D eigenvalue weighted by Crippen LogP contribution is -2.29. The Morgan fingerprint density at radius 3 is 2.52 bits per heavy atom. The fraction of sp³-hybridized carbons (Fsp3) is 0.0833. The Kier molecular flexibility index (Phi) is 5.31. The Bertz CT molecular complexity index is 1330. The van der Waals surface area contributed by atoms with E-state index in [-0.39, 0.29) is 17.5 Å². The van der Waals surface area contributed by atoms with Gasteiger partial charge in [-0.3, -0.25) is 15.1 Å². The molecule has 5 rings (SSSR count). The molecule has 0 spiro atoms. The molecule has 2 aromatic carbocycles. The molecular weight excluding hydrogens is 443 g/mol. The van der Waals surface area contributed by atoms with Crippen molar-refractivity contribution in [3.63, 3.8) is 0 Å².